The van der Waals surface area contributed by atoms with E-state index < -0.39 is 3.79 Å². The van der Waals surface area contributed by atoms with E-state index in [0.717, 1.165) is 0 Å². The van der Waals surface area contributed by atoms with Gasteiger partial charge in [0.15, 0.2) is 3.79 Å². The summed E-state index contributed by atoms with van der Waals surface area (Å²) in [4.78, 5) is 0.102. The van der Waals surface area contributed by atoms with Crippen molar-refractivity contribution >= 4 is 66.7 Å². The molecule has 0 rings (SSSR count). The van der Waals surface area contributed by atoms with Crippen LogP contribution in [-0.2, 0) is 0 Å². The molecule has 1 atom stereocenters. The summed E-state index contributed by atoms with van der Waals surface area (Å²) < 4.78 is -1.17. The summed E-state index contributed by atoms with van der Waals surface area (Å²) >= 11 is 22.8. The van der Waals surface area contributed by atoms with Crippen LogP contribution in [-0.4, -0.2) is 8.62 Å². The van der Waals surface area contributed by atoms with Gasteiger partial charge < -0.3 is 0 Å². The van der Waals surface area contributed by atoms with Gasteiger partial charge in [0.25, 0.3) is 0 Å². The summed E-state index contributed by atoms with van der Waals surface area (Å²) in [5.41, 5.74) is 0. The van der Waals surface area contributed by atoms with E-state index in [2.05, 4.69) is 31.9 Å². The van der Waals surface area contributed by atoms with Crippen molar-refractivity contribution in [2.75, 3.05) is 0 Å². The van der Waals surface area contributed by atoms with E-state index in [9.17, 15) is 0 Å². The first kappa shape index (κ1) is 10.8. The Balaban J connectivity index is 3.47. The van der Waals surface area contributed by atoms with Crippen molar-refractivity contribution in [2.45, 2.75) is 15.0 Å². The maximum absolute atomic E-state index is 5.47. The quantitative estimate of drug-likeness (QED) is 0.674. The Morgan fingerprint density at radius 1 is 1.44 bits per heavy atom. The van der Waals surface area contributed by atoms with E-state index in [4.69, 9.17) is 34.8 Å². The summed E-state index contributed by atoms with van der Waals surface area (Å²) in [6.45, 7) is 0. The number of rotatable bonds is 2. The van der Waals surface area contributed by atoms with Crippen molar-refractivity contribution in [2.24, 2.45) is 0 Å². The Bertz CT molecular complexity index is 80.4. The fourth-order valence-electron chi connectivity index (χ4n) is 0.266. The molecule has 0 aromatic carbocycles. The summed E-state index contributed by atoms with van der Waals surface area (Å²) in [6, 6.07) is 0. The van der Waals surface area contributed by atoms with E-state index in [1.54, 1.807) is 5.33 Å². The van der Waals surface area contributed by atoms with E-state index >= 15 is 0 Å². The van der Waals surface area contributed by atoms with Gasteiger partial charge in [0.05, 0.1) is 0 Å². The lowest BCUT2D eigenvalue weighted by Crippen LogP contribution is -2.09. The SMILES string of the molecule is ClC(Cl)(Cl)CC(Br)[CH]Br. The molecule has 0 saturated heterocycles. The van der Waals surface area contributed by atoms with Crippen molar-refractivity contribution < 1.29 is 0 Å². The average Bonchev–Trinajstić information content (AvgIpc) is 1.62. The van der Waals surface area contributed by atoms with Crippen molar-refractivity contribution in [1.29, 1.82) is 0 Å². The molecule has 0 bridgehead atoms. The van der Waals surface area contributed by atoms with Gasteiger partial charge in [0.2, 0.25) is 0 Å². The van der Waals surface area contributed by atoms with Crippen molar-refractivity contribution in [3.05, 3.63) is 5.33 Å². The molecule has 55 valence electrons. The fourth-order valence-corrected chi connectivity index (χ4v) is 2.00. The Morgan fingerprint density at radius 2 is 1.89 bits per heavy atom. The normalized spacial score (nSPS) is 15.7. The molecule has 0 amide bonds. The highest BCUT2D eigenvalue weighted by Crippen LogP contribution is 2.34. The smallest absolute Gasteiger partial charge is 0.0876 e. The zero-order valence-electron chi connectivity index (χ0n) is 4.25. The summed E-state index contributed by atoms with van der Waals surface area (Å²) in [5.74, 6) is 0. The van der Waals surface area contributed by atoms with E-state index in [1.807, 2.05) is 0 Å². The maximum Gasteiger partial charge on any atom is 0.191 e. The molecular formula is C4H4Br2Cl3. The molecule has 0 fully saturated rings. The van der Waals surface area contributed by atoms with Gasteiger partial charge in [-0.2, -0.15) is 0 Å². The third-order valence-electron chi connectivity index (χ3n) is 0.563. The lowest BCUT2D eigenvalue weighted by molar-refractivity contribution is 0.897. The Hall–Kier alpha value is 1.83. The predicted molar refractivity (Wildman–Crippen MR) is 50.8 cm³/mol. The minimum absolute atomic E-state index is 0.102. The standard InChI is InChI=1S/C4H4Br2Cl3/c5-2-3(6)1-4(7,8)9/h2-3H,1H2. The van der Waals surface area contributed by atoms with Gasteiger partial charge in [-0.1, -0.05) is 66.7 Å². The first-order valence-corrected chi connectivity index (χ1v) is 5.06. The molecule has 5 heteroatoms. The van der Waals surface area contributed by atoms with Crippen molar-refractivity contribution in [1.82, 2.24) is 0 Å². The largest absolute Gasteiger partial charge is 0.191 e. The van der Waals surface area contributed by atoms with Crippen LogP contribution in [0.25, 0.3) is 0 Å². The molecule has 0 nitrogen and oxygen atoms in total. The second-order valence-electron chi connectivity index (χ2n) is 1.46. The van der Waals surface area contributed by atoms with E-state index in [0.29, 0.717) is 6.42 Å². The van der Waals surface area contributed by atoms with Gasteiger partial charge in [0, 0.05) is 16.6 Å². The van der Waals surface area contributed by atoms with Gasteiger partial charge in [0.1, 0.15) is 0 Å². The average molecular weight is 318 g/mol. The monoisotopic (exact) mass is 315 g/mol. The molecule has 0 aromatic rings. The van der Waals surface area contributed by atoms with Crippen LogP contribution in [0.15, 0.2) is 0 Å². The molecule has 0 spiro atoms. The molecule has 0 aromatic heterocycles. The van der Waals surface area contributed by atoms with Gasteiger partial charge in [-0.05, 0) is 0 Å². The number of hydrogen-bond donors (Lipinski definition) is 0. The Kier molecular flexibility index (Phi) is 5.60. The topological polar surface area (TPSA) is 0 Å². The van der Waals surface area contributed by atoms with Gasteiger partial charge in [-0.3, -0.25) is 0 Å². The summed E-state index contributed by atoms with van der Waals surface area (Å²) in [5, 5.41) is 1.74. The maximum atomic E-state index is 5.47. The minimum Gasteiger partial charge on any atom is -0.0876 e. The molecule has 0 aliphatic heterocycles. The lowest BCUT2D eigenvalue weighted by atomic mass is 10.4. The van der Waals surface area contributed by atoms with Crippen LogP contribution in [0.2, 0.25) is 0 Å². The highest BCUT2D eigenvalue weighted by Gasteiger charge is 2.23. The minimum atomic E-state index is -1.17. The van der Waals surface area contributed by atoms with Gasteiger partial charge >= 0.3 is 0 Å². The van der Waals surface area contributed by atoms with Crippen LogP contribution < -0.4 is 0 Å². The third-order valence-corrected chi connectivity index (χ3v) is 2.96. The van der Waals surface area contributed by atoms with E-state index in [1.165, 1.54) is 0 Å². The number of alkyl halides is 4. The first-order valence-electron chi connectivity index (χ1n) is 2.10. The van der Waals surface area contributed by atoms with Crippen LogP contribution in [0.3, 0.4) is 0 Å². The van der Waals surface area contributed by atoms with Gasteiger partial charge in [-0.15, -0.1) is 0 Å². The lowest BCUT2D eigenvalue weighted by Gasteiger charge is -2.12. The molecule has 1 radical (unpaired) electrons. The van der Waals surface area contributed by atoms with Crippen LogP contribution >= 0.6 is 66.7 Å². The predicted octanol–water partition coefficient (Wildman–Crippen LogP) is 4.07. The summed E-state index contributed by atoms with van der Waals surface area (Å²) in [7, 11) is 0. The van der Waals surface area contributed by atoms with Crippen molar-refractivity contribution in [3.63, 3.8) is 0 Å². The van der Waals surface area contributed by atoms with Crippen LogP contribution in [0.1, 0.15) is 6.42 Å². The van der Waals surface area contributed by atoms with E-state index in [-0.39, 0.29) is 4.83 Å². The zero-order valence-corrected chi connectivity index (χ0v) is 9.69. The molecular weight excluding hydrogens is 314 g/mol. The molecule has 0 heterocycles. The second kappa shape index (κ2) is 4.66. The molecule has 0 saturated carbocycles. The summed E-state index contributed by atoms with van der Waals surface area (Å²) in [6.07, 6.45) is 0.461. The van der Waals surface area contributed by atoms with Crippen LogP contribution in [0, 0.1) is 5.33 Å². The molecule has 0 N–H and O–H groups in total. The van der Waals surface area contributed by atoms with Gasteiger partial charge in [-0.25, -0.2) is 0 Å². The van der Waals surface area contributed by atoms with Crippen LogP contribution in [0.5, 0.6) is 0 Å². The fraction of sp³-hybridized carbons (Fsp3) is 0.750. The second-order valence-corrected chi connectivity index (χ2v) is 5.68. The number of hydrogen-bond acceptors (Lipinski definition) is 0. The Labute approximate surface area is 86.5 Å². The number of halogens is 5. The highest BCUT2D eigenvalue weighted by atomic mass is 79.9. The third kappa shape index (κ3) is 7.73. The zero-order chi connectivity index (χ0) is 7.49. The first-order chi connectivity index (χ1) is 3.95. The highest BCUT2D eigenvalue weighted by molar-refractivity contribution is 9.13. The molecule has 9 heavy (non-hydrogen) atoms. The Morgan fingerprint density at radius 3 is 2.00 bits per heavy atom. The molecule has 0 aliphatic carbocycles. The van der Waals surface area contributed by atoms with Crippen LogP contribution in [0.4, 0.5) is 0 Å². The molecule has 0 aliphatic rings. The molecule has 1 unspecified atom stereocenters. The van der Waals surface area contributed by atoms with Crippen molar-refractivity contribution in [3.8, 4) is 0 Å².